The molecule has 2 aliphatic rings. The van der Waals surface area contributed by atoms with E-state index in [0.29, 0.717) is 17.7 Å². The van der Waals surface area contributed by atoms with Gasteiger partial charge in [0, 0.05) is 23.5 Å². The van der Waals surface area contributed by atoms with Gasteiger partial charge < -0.3 is 4.90 Å². The number of halogens is 1. The molecular weight excluding hydrogens is 254 g/mol. The minimum atomic E-state index is 0.357. The average molecular weight is 266 g/mol. The zero-order chi connectivity index (χ0) is 10.4. The monoisotopic (exact) mass is 265 g/mol. The first kappa shape index (κ1) is 9.40. The lowest BCUT2D eigenvalue weighted by atomic mass is 10.2. The first-order valence-electron chi connectivity index (χ1n) is 5.28. The number of hydrogen-bond acceptors (Lipinski definition) is 1. The summed E-state index contributed by atoms with van der Waals surface area (Å²) in [6.45, 7) is 1.72. The molecule has 2 nitrogen and oxygen atoms in total. The minimum Gasteiger partial charge on any atom is -0.338 e. The molecule has 1 saturated heterocycles. The van der Waals surface area contributed by atoms with Gasteiger partial charge in [0.2, 0.25) is 5.91 Å². The van der Waals surface area contributed by atoms with E-state index in [4.69, 9.17) is 0 Å². The Morgan fingerprint density at radius 1 is 1.40 bits per heavy atom. The highest BCUT2D eigenvalue weighted by Gasteiger charge is 2.51. The largest absolute Gasteiger partial charge is 0.338 e. The summed E-state index contributed by atoms with van der Waals surface area (Å²) in [6, 6.07) is 8.11. The van der Waals surface area contributed by atoms with Gasteiger partial charge in [0.1, 0.15) is 0 Å². The first-order chi connectivity index (χ1) is 7.25. The molecule has 1 aliphatic carbocycles. The van der Waals surface area contributed by atoms with E-state index in [9.17, 15) is 4.79 Å². The van der Waals surface area contributed by atoms with Crippen LogP contribution in [0.4, 0.5) is 0 Å². The molecule has 2 atom stereocenters. The molecule has 1 saturated carbocycles. The van der Waals surface area contributed by atoms with Gasteiger partial charge in [-0.25, -0.2) is 0 Å². The Morgan fingerprint density at radius 3 is 2.87 bits per heavy atom. The summed E-state index contributed by atoms with van der Waals surface area (Å²) < 4.78 is 1.10. The molecule has 3 rings (SSSR count). The summed E-state index contributed by atoms with van der Waals surface area (Å²) in [5, 5.41) is 0. The number of rotatable bonds is 2. The van der Waals surface area contributed by atoms with Crippen LogP contribution >= 0.6 is 15.9 Å². The maximum Gasteiger partial charge on any atom is 0.226 e. The van der Waals surface area contributed by atoms with Crippen LogP contribution in [0.5, 0.6) is 0 Å². The van der Waals surface area contributed by atoms with Gasteiger partial charge in [0.15, 0.2) is 0 Å². The number of carbonyl (C=O) groups excluding carboxylic acids is 1. The fraction of sp³-hybridized carbons (Fsp3) is 0.417. The third-order valence-corrected chi connectivity index (χ3v) is 4.10. The summed E-state index contributed by atoms with van der Waals surface area (Å²) in [5.41, 5.74) is 1.20. The fourth-order valence-electron chi connectivity index (χ4n) is 2.33. The van der Waals surface area contributed by atoms with Gasteiger partial charge in [-0.2, -0.15) is 0 Å². The fourth-order valence-corrected chi connectivity index (χ4v) is 2.74. The number of carbonyl (C=O) groups is 1. The van der Waals surface area contributed by atoms with E-state index < -0.39 is 0 Å². The Labute approximate surface area is 97.4 Å². The molecule has 78 valence electrons. The number of hydrogen-bond donors (Lipinski definition) is 0. The standard InChI is InChI=1S/C12H12BrNO/c13-11-4-2-1-3-8(11)6-14-7-9-5-10(9)12(14)15/h1-4,9-10H,5-7H2. The van der Waals surface area contributed by atoms with Crippen LogP contribution in [-0.2, 0) is 11.3 Å². The Balaban J connectivity index is 1.76. The SMILES string of the molecule is O=C1C2CC2CN1Cc1ccccc1Br. The van der Waals surface area contributed by atoms with E-state index >= 15 is 0 Å². The molecule has 1 aliphatic heterocycles. The maximum atomic E-state index is 11.8. The van der Waals surface area contributed by atoms with Gasteiger partial charge in [-0.1, -0.05) is 34.1 Å². The quantitative estimate of drug-likeness (QED) is 0.805. The molecule has 0 radical (unpaired) electrons. The molecule has 1 aromatic carbocycles. The summed E-state index contributed by atoms with van der Waals surface area (Å²) >= 11 is 3.51. The summed E-state index contributed by atoms with van der Waals surface area (Å²) in [6.07, 6.45) is 1.13. The van der Waals surface area contributed by atoms with E-state index in [1.807, 2.05) is 23.1 Å². The second-order valence-corrected chi connectivity index (χ2v) is 5.27. The van der Waals surface area contributed by atoms with Crippen molar-refractivity contribution in [2.75, 3.05) is 6.54 Å². The number of benzene rings is 1. The van der Waals surface area contributed by atoms with Crippen LogP contribution in [0.3, 0.4) is 0 Å². The number of fused-ring (bicyclic) bond motifs is 1. The van der Waals surface area contributed by atoms with Crippen molar-refractivity contribution in [3.05, 3.63) is 34.3 Å². The van der Waals surface area contributed by atoms with Gasteiger partial charge in [0.05, 0.1) is 0 Å². The normalized spacial score (nSPS) is 28.1. The molecule has 0 spiro atoms. The van der Waals surface area contributed by atoms with Crippen molar-refractivity contribution in [2.24, 2.45) is 11.8 Å². The zero-order valence-electron chi connectivity index (χ0n) is 8.32. The zero-order valence-corrected chi connectivity index (χ0v) is 9.90. The second-order valence-electron chi connectivity index (χ2n) is 4.41. The molecule has 15 heavy (non-hydrogen) atoms. The van der Waals surface area contributed by atoms with Crippen LogP contribution in [0, 0.1) is 11.8 Å². The van der Waals surface area contributed by atoms with Crippen LogP contribution in [-0.4, -0.2) is 17.4 Å². The van der Waals surface area contributed by atoms with E-state index in [-0.39, 0.29) is 0 Å². The van der Waals surface area contributed by atoms with Crippen LogP contribution in [0.25, 0.3) is 0 Å². The second kappa shape index (κ2) is 3.34. The molecule has 1 amide bonds. The van der Waals surface area contributed by atoms with Crippen molar-refractivity contribution in [3.63, 3.8) is 0 Å². The lowest BCUT2D eigenvalue weighted by molar-refractivity contribution is -0.130. The van der Waals surface area contributed by atoms with Gasteiger partial charge in [-0.05, 0) is 24.0 Å². The molecule has 1 heterocycles. The van der Waals surface area contributed by atoms with E-state index in [2.05, 4.69) is 22.0 Å². The molecule has 3 heteroatoms. The van der Waals surface area contributed by atoms with Crippen molar-refractivity contribution < 1.29 is 4.79 Å². The minimum absolute atomic E-state index is 0.357. The summed E-state index contributed by atoms with van der Waals surface area (Å²) in [5.74, 6) is 1.39. The number of likely N-dealkylation sites (tertiary alicyclic amines) is 1. The lowest BCUT2D eigenvalue weighted by Gasteiger charge is -2.18. The summed E-state index contributed by atoms with van der Waals surface area (Å²) in [4.78, 5) is 13.8. The Morgan fingerprint density at radius 2 is 2.20 bits per heavy atom. The van der Waals surface area contributed by atoms with Gasteiger partial charge in [-0.3, -0.25) is 4.79 Å². The Hall–Kier alpha value is -0.830. The molecule has 0 aromatic heterocycles. The topological polar surface area (TPSA) is 20.3 Å². The molecule has 0 bridgehead atoms. The van der Waals surface area contributed by atoms with E-state index in [1.54, 1.807) is 0 Å². The van der Waals surface area contributed by atoms with Gasteiger partial charge in [0.25, 0.3) is 0 Å². The van der Waals surface area contributed by atoms with Crippen molar-refractivity contribution in [1.82, 2.24) is 4.90 Å². The van der Waals surface area contributed by atoms with Gasteiger partial charge in [-0.15, -0.1) is 0 Å². The van der Waals surface area contributed by atoms with Crippen LogP contribution < -0.4 is 0 Å². The number of nitrogens with zero attached hydrogens (tertiary/aromatic N) is 1. The lowest BCUT2D eigenvalue weighted by Crippen LogP contribution is -2.27. The molecule has 0 N–H and O–H groups in total. The predicted molar refractivity (Wildman–Crippen MR) is 61.2 cm³/mol. The average Bonchev–Trinajstić information content (AvgIpc) is 2.92. The highest BCUT2D eigenvalue weighted by Crippen LogP contribution is 2.46. The molecule has 2 fully saturated rings. The summed E-state index contributed by atoms with van der Waals surface area (Å²) in [7, 11) is 0. The van der Waals surface area contributed by atoms with Crippen molar-refractivity contribution >= 4 is 21.8 Å². The number of piperidine rings is 1. The highest BCUT2D eigenvalue weighted by molar-refractivity contribution is 9.10. The Kier molecular flexibility index (Phi) is 2.09. The first-order valence-corrected chi connectivity index (χ1v) is 6.07. The van der Waals surface area contributed by atoms with E-state index in [0.717, 1.165) is 24.0 Å². The van der Waals surface area contributed by atoms with Crippen LogP contribution in [0.2, 0.25) is 0 Å². The van der Waals surface area contributed by atoms with Crippen molar-refractivity contribution in [1.29, 1.82) is 0 Å². The maximum absolute atomic E-state index is 11.8. The predicted octanol–water partition coefficient (Wildman–Crippen LogP) is 2.43. The van der Waals surface area contributed by atoms with Crippen molar-refractivity contribution in [2.45, 2.75) is 13.0 Å². The third-order valence-electron chi connectivity index (χ3n) is 3.33. The van der Waals surface area contributed by atoms with E-state index in [1.165, 1.54) is 5.56 Å². The smallest absolute Gasteiger partial charge is 0.226 e. The number of amides is 1. The van der Waals surface area contributed by atoms with Crippen LogP contribution in [0.1, 0.15) is 12.0 Å². The molecular formula is C12H12BrNO. The third kappa shape index (κ3) is 1.59. The Bertz CT molecular complexity index is 418. The molecule has 1 aromatic rings. The highest BCUT2D eigenvalue weighted by atomic mass is 79.9. The van der Waals surface area contributed by atoms with Crippen molar-refractivity contribution in [3.8, 4) is 0 Å². The molecule has 2 unspecified atom stereocenters. The van der Waals surface area contributed by atoms with Crippen LogP contribution in [0.15, 0.2) is 28.7 Å². The van der Waals surface area contributed by atoms with Gasteiger partial charge >= 0.3 is 0 Å².